The van der Waals surface area contributed by atoms with E-state index in [2.05, 4.69) is 26.7 Å². The van der Waals surface area contributed by atoms with Gasteiger partial charge in [-0.05, 0) is 36.9 Å². The summed E-state index contributed by atoms with van der Waals surface area (Å²) >= 11 is 1.55. The number of imidazole rings is 1. The Morgan fingerprint density at radius 3 is 3.00 bits per heavy atom. The Balaban J connectivity index is 1.95. The van der Waals surface area contributed by atoms with E-state index in [1.54, 1.807) is 22.8 Å². The number of nitrogens with one attached hydrogen (secondary N) is 1. The van der Waals surface area contributed by atoms with Crippen molar-refractivity contribution in [1.29, 1.82) is 0 Å². The molecule has 0 aliphatic rings. The van der Waals surface area contributed by atoms with E-state index in [9.17, 15) is 0 Å². The van der Waals surface area contributed by atoms with Crippen LogP contribution in [0.4, 0.5) is 0 Å². The van der Waals surface area contributed by atoms with E-state index >= 15 is 0 Å². The molecule has 0 aromatic carbocycles. The molecule has 0 saturated carbocycles. The van der Waals surface area contributed by atoms with Crippen LogP contribution in [0.1, 0.15) is 19.0 Å². The molecule has 0 spiro atoms. The Labute approximate surface area is 127 Å². The second kappa shape index (κ2) is 6.28. The van der Waals surface area contributed by atoms with Crippen molar-refractivity contribution in [1.82, 2.24) is 29.5 Å². The molecule has 0 aliphatic carbocycles. The van der Waals surface area contributed by atoms with E-state index in [1.165, 1.54) is 0 Å². The highest BCUT2D eigenvalue weighted by molar-refractivity contribution is 7.99. The lowest BCUT2D eigenvalue weighted by Gasteiger charge is -2.05. The molecule has 0 bridgehead atoms. The lowest BCUT2D eigenvalue weighted by atomic mass is 10.4. The topological polar surface area (TPSA) is 60.0 Å². The number of hydrogen-bond donors (Lipinski definition) is 1. The highest BCUT2D eigenvalue weighted by Gasteiger charge is 2.15. The van der Waals surface area contributed by atoms with Gasteiger partial charge in [-0.1, -0.05) is 13.0 Å². The second-order valence-electron chi connectivity index (χ2n) is 4.74. The smallest absolute Gasteiger partial charge is 0.192 e. The predicted molar refractivity (Wildman–Crippen MR) is 82.3 cm³/mol. The monoisotopic (exact) mass is 302 g/mol. The standard InChI is InChI=1S/C14H18N6S/c1-3-7-15-9-11-13(21-14-16-10-17-19(14)2)18-12-6-4-5-8-20(11)12/h4-6,8,10,15H,3,7,9H2,1-2H3. The summed E-state index contributed by atoms with van der Waals surface area (Å²) in [5.74, 6) is 0. The summed E-state index contributed by atoms with van der Waals surface area (Å²) in [5.41, 5.74) is 2.11. The lowest BCUT2D eigenvalue weighted by Crippen LogP contribution is -2.15. The van der Waals surface area contributed by atoms with Gasteiger partial charge in [-0.15, -0.1) is 0 Å². The molecule has 0 unspecified atom stereocenters. The number of fused-ring (bicyclic) bond motifs is 1. The van der Waals surface area contributed by atoms with Crippen molar-refractivity contribution in [3.8, 4) is 0 Å². The molecule has 6 nitrogen and oxygen atoms in total. The summed E-state index contributed by atoms with van der Waals surface area (Å²) < 4.78 is 3.89. The minimum absolute atomic E-state index is 0.791. The van der Waals surface area contributed by atoms with Crippen molar-refractivity contribution < 1.29 is 0 Å². The van der Waals surface area contributed by atoms with E-state index in [1.807, 2.05) is 31.4 Å². The Bertz CT molecular complexity index is 732. The maximum absolute atomic E-state index is 4.71. The first-order valence-corrected chi connectivity index (χ1v) is 7.79. The average molecular weight is 302 g/mol. The van der Waals surface area contributed by atoms with E-state index in [0.29, 0.717) is 0 Å². The number of pyridine rings is 1. The molecular weight excluding hydrogens is 284 g/mol. The molecule has 110 valence electrons. The van der Waals surface area contributed by atoms with Gasteiger partial charge < -0.3 is 9.72 Å². The van der Waals surface area contributed by atoms with E-state index in [4.69, 9.17) is 4.98 Å². The highest BCUT2D eigenvalue weighted by atomic mass is 32.2. The van der Waals surface area contributed by atoms with Crippen LogP contribution in [-0.4, -0.2) is 30.7 Å². The SMILES string of the molecule is CCCNCc1c(Sc2ncnn2C)nc2ccccn12. The van der Waals surface area contributed by atoms with Gasteiger partial charge in [0.2, 0.25) is 0 Å². The zero-order chi connectivity index (χ0) is 14.7. The Morgan fingerprint density at radius 2 is 2.24 bits per heavy atom. The van der Waals surface area contributed by atoms with Crippen molar-refractivity contribution >= 4 is 17.4 Å². The third-order valence-corrected chi connectivity index (χ3v) is 4.24. The van der Waals surface area contributed by atoms with Crippen LogP contribution in [0.3, 0.4) is 0 Å². The van der Waals surface area contributed by atoms with Crippen LogP contribution < -0.4 is 5.32 Å². The summed E-state index contributed by atoms with van der Waals surface area (Å²) in [6.45, 7) is 3.95. The average Bonchev–Trinajstić information content (AvgIpc) is 3.04. The molecule has 0 amide bonds. The normalized spacial score (nSPS) is 11.3. The fourth-order valence-electron chi connectivity index (χ4n) is 2.12. The fourth-order valence-corrected chi connectivity index (χ4v) is 3.00. The molecule has 1 N–H and O–H groups in total. The third-order valence-electron chi connectivity index (χ3n) is 3.17. The first kappa shape index (κ1) is 14.1. The van der Waals surface area contributed by atoms with Crippen LogP contribution >= 0.6 is 11.8 Å². The van der Waals surface area contributed by atoms with Crippen LogP contribution in [0.5, 0.6) is 0 Å². The van der Waals surface area contributed by atoms with Crippen LogP contribution in [0, 0.1) is 0 Å². The molecule has 0 atom stereocenters. The quantitative estimate of drug-likeness (QED) is 0.707. The fraction of sp³-hybridized carbons (Fsp3) is 0.357. The van der Waals surface area contributed by atoms with Crippen LogP contribution in [-0.2, 0) is 13.6 Å². The molecular formula is C14H18N6S. The van der Waals surface area contributed by atoms with Crippen molar-refractivity contribution in [2.24, 2.45) is 7.05 Å². The zero-order valence-electron chi connectivity index (χ0n) is 12.2. The summed E-state index contributed by atoms with van der Waals surface area (Å²) in [6, 6.07) is 6.04. The molecule has 21 heavy (non-hydrogen) atoms. The third kappa shape index (κ3) is 2.93. The maximum atomic E-state index is 4.71. The number of nitrogens with zero attached hydrogens (tertiary/aromatic N) is 5. The van der Waals surface area contributed by atoms with Gasteiger partial charge >= 0.3 is 0 Å². The van der Waals surface area contributed by atoms with Gasteiger partial charge in [0.15, 0.2) is 5.16 Å². The van der Waals surface area contributed by atoms with Gasteiger partial charge in [-0.3, -0.25) is 0 Å². The largest absolute Gasteiger partial charge is 0.311 e. The zero-order valence-corrected chi connectivity index (χ0v) is 13.0. The Morgan fingerprint density at radius 1 is 1.33 bits per heavy atom. The summed E-state index contributed by atoms with van der Waals surface area (Å²) in [6.07, 6.45) is 4.72. The van der Waals surface area contributed by atoms with Gasteiger partial charge in [0.25, 0.3) is 0 Å². The van der Waals surface area contributed by atoms with Crippen molar-refractivity contribution in [3.05, 3.63) is 36.4 Å². The van der Waals surface area contributed by atoms with E-state index in [-0.39, 0.29) is 0 Å². The van der Waals surface area contributed by atoms with Crippen LogP contribution in [0.15, 0.2) is 40.9 Å². The molecule has 0 radical (unpaired) electrons. The number of hydrogen-bond acceptors (Lipinski definition) is 5. The highest BCUT2D eigenvalue weighted by Crippen LogP contribution is 2.28. The lowest BCUT2D eigenvalue weighted by molar-refractivity contribution is 0.651. The molecule has 0 saturated heterocycles. The molecule has 3 aromatic heterocycles. The Hall–Kier alpha value is -1.86. The summed E-state index contributed by atoms with van der Waals surface area (Å²) in [5, 5.41) is 9.37. The molecule has 3 heterocycles. The first-order chi connectivity index (χ1) is 10.3. The van der Waals surface area contributed by atoms with Gasteiger partial charge in [-0.25, -0.2) is 14.6 Å². The predicted octanol–water partition coefficient (Wildman–Crippen LogP) is 2.11. The van der Waals surface area contributed by atoms with Crippen molar-refractivity contribution in [2.45, 2.75) is 30.1 Å². The molecule has 3 aromatic rings. The minimum atomic E-state index is 0.791. The summed E-state index contributed by atoms with van der Waals surface area (Å²) in [7, 11) is 1.89. The van der Waals surface area contributed by atoms with Gasteiger partial charge in [0.05, 0.1) is 5.69 Å². The number of aromatic nitrogens is 5. The summed E-state index contributed by atoms with van der Waals surface area (Å²) in [4.78, 5) is 8.98. The first-order valence-electron chi connectivity index (χ1n) is 6.98. The van der Waals surface area contributed by atoms with E-state index in [0.717, 1.165) is 41.0 Å². The Kier molecular flexibility index (Phi) is 4.21. The maximum Gasteiger partial charge on any atom is 0.192 e. The second-order valence-corrected chi connectivity index (χ2v) is 5.69. The minimum Gasteiger partial charge on any atom is -0.311 e. The van der Waals surface area contributed by atoms with Gasteiger partial charge in [0, 0.05) is 19.8 Å². The molecule has 3 rings (SSSR count). The number of aryl methyl sites for hydroxylation is 1. The van der Waals surface area contributed by atoms with Crippen LogP contribution in [0.25, 0.3) is 5.65 Å². The van der Waals surface area contributed by atoms with E-state index < -0.39 is 0 Å². The van der Waals surface area contributed by atoms with Crippen molar-refractivity contribution in [2.75, 3.05) is 6.54 Å². The van der Waals surface area contributed by atoms with Crippen LogP contribution in [0.2, 0.25) is 0 Å². The molecule has 7 heteroatoms. The van der Waals surface area contributed by atoms with Gasteiger partial charge in [0.1, 0.15) is 17.0 Å². The van der Waals surface area contributed by atoms with Gasteiger partial charge in [-0.2, -0.15) is 5.10 Å². The molecule has 0 fully saturated rings. The number of rotatable bonds is 6. The molecule has 0 aliphatic heterocycles. The van der Waals surface area contributed by atoms with Crippen molar-refractivity contribution in [3.63, 3.8) is 0 Å².